The summed E-state index contributed by atoms with van der Waals surface area (Å²) in [6, 6.07) is 4.72. The highest BCUT2D eigenvalue weighted by Crippen LogP contribution is 2.32. The fourth-order valence-corrected chi connectivity index (χ4v) is 3.48. The summed E-state index contributed by atoms with van der Waals surface area (Å²) >= 11 is 0. The van der Waals surface area contributed by atoms with E-state index in [1.165, 1.54) is 17.9 Å². The molecule has 1 atom stereocenters. The van der Waals surface area contributed by atoms with E-state index in [1.54, 1.807) is 16.8 Å². The van der Waals surface area contributed by atoms with Crippen LogP contribution >= 0.6 is 0 Å². The molecule has 2 aromatic rings. The first-order chi connectivity index (χ1) is 12.9. The van der Waals surface area contributed by atoms with Crippen molar-refractivity contribution in [2.45, 2.75) is 26.1 Å². The molecule has 0 unspecified atom stereocenters. The highest BCUT2D eigenvalue weighted by molar-refractivity contribution is 5.90. The summed E-state index contributed by atoms with van der Waals surface area (Å²) in [6.45, 7) is 3.05. The number of benzene rings is 1. The lowest BCUT2D eigenvalue weighted by molar-refractivity contribution is -0.119. The molecule has 2 amide bonds. The zero-order valence-electron chi connectivity index (χ0n) is 15.1. The molecule has 1 aromatic heterocycles. The highest BCUT2D eigenvalue weighted by Gasteiger charge is 2.33. The summed E-state index contributed by atoms with van der Waals surface area (Å²) in [5.74, 6) is -0.596. The van der Waals surface area contributed by atoms with Gasteiger partial charge in [-0.15, -0.1) is 0 Å². The van der Waals surface area contributed by atoms with Crippen molar-refractivity contribution in [1.29, 1.82) is 0 Å². The maximum absolute atomic E-state index is 14.7. The van der Waals surface area contributed by atoms with Gasteiger partial charge < -0.3 is 15.0 Å². The molecule has 142 valence electrons. The normalized spacial score (nSPS) is 18.6. The van der Waals surface area contributed by atoms with Gasteiger partial charge in [-0.3, -0.25) is 14.4 Å². The van der Waals surface area contributed by atoms with Crippen LogP contribution in [0, 0.1) is 5.82 Å². The number of ether oxygens (including phenoxy) is 1. The predicted molar refractivity (Wildman–Crippen MR) is 95.8 cm³/mol. The third-order valence-electron chi connectivity index (χ3n) is 4.73. The van der Waals surface area contributed by atoms with Gasteiger partial charge in [0.2, 0.25) is 5.91 Å². The van der Waals surface area contributed by atoms with Crippen molar-refractivity contribution in [3.63, 3.8) is 0 Å². The quantitative estimate of drug-likeness (QED) is 0.880. The molecule has 0 bridgehead atoms. The van der Waals surface area contributed by atoms with Crippen molar-refractivity contribution in [1.82, 2.24) is 15.1 Å². The number of hydrogen-bond acceptors (Lipinski definition) is 5. The largest absolute Gasteiger partial charge is 0.442 e. The molecular formula is C18H20FN5O3. The van der Waals surface area contributed by atoms with E-state index in [-0.39, 0.29) is 19.0 Å². The minimum atomic E-state index is -0.546. The number of aryl methyl sites for hydroxylation is 1. The van der Waals surface area contributed by atoms with E-state index in [1.807, 2.05) is 18.1 Å². The molecule has 2 aliphatic rings. The summed E-state index contributed by atoms with van der Waals surface area (Å²) in [5.41, 5.74) is 2.94. The van der Waals surface area contributed by atoms with E-state index in [9.17, 15) is 14.0 Å². The zero-order valence-corrected chi connectivity index (χ0v) is 15.1. The number of carbonyl (C=O) groups is 2. The van der Waals surface area contributed by atoms with Crippen molar-refractivity contribution in [3.8, 4) is 0 Å². The smallest absolute Gasteiger partial charge is 0.414 e. The predicted octanol–water partition coefficient (Wildman–Crippen LogP) is 1.54. The van der Waals surface area contributed by atoms with Gasteiger partial charge in [0.25, 0.3) is 0 Å². The van der Waals surface area contributed by atoms with Gasteiger partial charge in [0, 0.05) is 32.3 Å². The Morgan fingerprint density at radius 1 is 1.41 bits per heavy atom. The van der Waals surface area contributed by atoms with Gasteiger partial charge in [0.05, 0.1) is 36.7 Å². The maximum Gasteiger partial charge on any atom is 0.414 e. The number of nitrogens with zero attached hydrogens (tertiary/aromatic N) is 4. The molecule has 0 radical (unpaired) electrons. The minimum absolute atomic E-state index is 0.193. The first-order valence-corrected chi connectivity index (χ1v) is 8.69. The van der Waals surface area contributed by atoms with Crippen LogP contribution in [-0.4, -0.2) is 41.0 Å². The topological polar surface area (TPSA) is 79.7 Å². The zero-order chi connectivity index (χ0) is 19.1. The number of halogens is 1. The van der Waals surface area contributed by atoms with Crippen LogP contribution in [0.3, 0.4) is 0 Å². The van der Waals surface area contributed by atoms with Gasteiger partial charge in [-0.1, -0.05) is 0 Å². The Morgan fingerprint density at radius 2 is 2.22 bits per heavy atom. The second-order valence-corrected chi connectivity index (χ2v) is 6.82. The molecule has 8 nitrogen and oxygen atoms in total. The van der Waals surface area contributed by atoms with Gasteiger partial charge in [-0.05, 0) is 18.2 Å². The number of aromatic nitrogens is 2. The van der Waals surface area contributed by atoms with E-state index in [4.69, 9.17) is 4.74 Å². The van der Waals surface area contributed by atoms with Crippen LogP contribution in [0.4, 0.5) is 20.6 Å². The monoisotopic (exact) mass is 373 g/mol. The third kappa shape index (κ3) is 3.32. The number of hydrogen-bond donors (Lipinski definition) is 1. The molecule has 4 rings (SSSR count). The third-order valence-corrected chi connectivity index (χ3v) is 4.73. The molecule has 9 heteroatoms. The van der Waals surface area contributed by atoms with E-state index >= 15 is 0 Å². The summed E-state index contributed by atoms with van der Waals surface area (Å²) in [4.78, 5) is 26.4. The van der Waals surface area contributed by atoms with Crippen LogP contribution in [0.1, 0.15) is 18.2 Å². The fraction of sp³-hybridized carbons (Fsp3) is 0.389. The standard InChI is InChI=1S/C18H20FN5O3/c1-11(25)20-6-14-9-24(18(26)27-14)13-3-4-17(15(19)5-13)23-8-12-7-22(2)21-16(12)10-23/h3-5,7,14H,6,8-10H2,1-2H3,(H,20,25)/t14-/m1/s1. The fourth-order valence-electron chi connectivity index (χ4n) is 3.48. The molecule has 0 aliphatic carbocycles. The summed E-state index contributed by atoms with van der Waals surface area (Å²) in [5, 5.41) is 6.99. The first-order valence-electron chi connectivity index (χ1n) is 8.69. The Hall–Kier alpha value is -3.10. The molecule has 1 fully saturated rings. The minimum Gasteiger partial charge on any atom is -0.442 e. The van der Waals surface area contributed by atoms with Gasteiger partial charge in [-0.25, -0.2) is 9.18 Å². The SMILES string of the molecule is CC(=O)NC[C@@H]1CN(c2ccc(N3Cc4cn(C)nc4C3)c(F)c2)C(=O)O1. The van der Waals surface area contributed by atoms with Crippen LogP contribution in [-0.2, 0) is 29.7 Å². The lowest BCUT2D eigenvalue weighted by atomic mass is 10.2. The number of rotatable bonds is 4. The number of anilines is 2. The van der Waals surface area contributed by atoms with Crippen LogP contribution in [0.25, 0.3) is 0 Å². The van der Waals surface area contributed by atoms with E-state index < -0.39 is 18.0 Å². The lowest BCUT2D eigenvalue weighted by Gasteiger charge is -2.20. The molecule has 1 N–H and O–H groups in total. The van der Waals surface area contributed by atoms with Crippen molar-refractivity contribution < 1.29 is 18.7 Å². The van der Waals surface area contributed by atoms with E-state index in [2.05, 4.69) is 10.4 Å². The number of carbonyl (C=O) groups excluding carboxylic acids is 2. The van der Waals surface area contributed by atoms with Crippen molar-refractivity contribution in [2.24, 2.45) is 7.05 Å². The number of fused-ring (bicyclic) bond motifs is 1. The molecule has 1 saturated heterocycles. The van der Waals surface area contributed by atoms with Crippen LogP contribution in [0.2, 0.25) is 0 Å². The van der Waals surface area contributed by atoms with Crippen LogP contribution in [0.15, 0.2) is 24.4 Å². The summed E-state index contributed by atoms with van der Waals surface area (Å²) in [6.07, 6.45) is 0.941. The molecule has 0 spiro atoms. The van der Waals surface area contributed by atoms with E-state index in [0.717, 1.165) is 11.3 Å². The highest BCUT2D eigenvalue weighted by atomic mass is 19.1. The second-order valence-electron chi connectivity index (χ2n) is 6.82. The van der Waals surface area contributed by atoms with Crippen molar-refractivity contribution in [2.75, 3.05) is 22.9 Å². The number of amides is 2. The Morgan fingerprint density at radius 3 is 2.93 bits per heavy atom. The van der Waals surface area contributed by atoms with E-state index in [0.29, 0.717) is 24.5 Å². The van der Waals surface area contributed by atoms with Crippen molar-refractivity contribution in [3.05, 3.63) is 41.5 Å². The average Bonchev–Trinajstić information content (AvgIpc) is 3.25. The Balaban J connectivity index is 1.47. The summed E-state index contributed by atoms with van der Waals surface area (Å²) < 4.78 is 21.7. The molecule has 27 heavy (non-hydrogen) atoms. The Kier molecular flexibility index (Phi) is 4.21. The van der Waals surface area contributed by atoms with Crippen molar-refractivity contribution >= 4 is 23.4 Å². The van der Waals surface area contributed by atoms with Gasteiger partial charge >= 0.3 is 6.09 Å². The van der Waals surface area contributed by atoms with Crippen LogP contribution in [0.5, 0.6) is 0 Å². The maximum atomic E-state index is 14.7. The van der Waals surface area contributed by atoms with Gasteiger partial charge in [0.1, 0.15) is 11.9 Å². The first kappa shape index (κ1) is 17.3. The van der Waals surface area contributed by atoms with Crippen LogP contribution < -0.4 is 15.1 Å². The van der Waals surface area contributed by atoms with Gasteiger partial charge in [0.15, 0.2) is 0 Å². The molecule has 0 saturated carbocycles. The molecule has 3 heterocycles. The molecular weight excluding hydrogens is 353 g/mol. The number of cyclic esters (lactones) is 1. The second kappa shape index (κ2) is 6.57. The van der Waals surface area contributed by atoms with Gasteiger partial charge in [-0.2, -0.15) is 5.10 Å². The molecule has 1 aromatic carbocycles. The Labute approximate surface area is 155 Å². The Bertz CT molecular complexity index is 889. The molecule has 2 aliphatic heterocycles. The summed E-state index contributed by atoms with van der Waals surface area (Å²) in [7, 11) is 1.87. The average molecular weight is 373 g/mol. The number of nitrogens with one attached hydrogen (secondary N) is 1. The lowest BCUT2D eigenvalue weighted by Crippen LogP contribution is -2.33.